The van der Waals surface area contributed by atoms with Crippen molar-refractivity contribution in [3.8, 4) is 44.5 Å². The van der Waals surface area contributed by atoms with Crippen LogP contribution in [0.4, 0.5) is 22.7 Å². The molecule has 462 valence electrons. The van der Waals surface area contributed by atoms with Crippen LogP contribution in [-0.4, -0.2) is 137 Å². The number of fused-ring (bicyclic) bond motifs is 10. The Bertz CT molecular complexity index is 3990. The van der Waals surface area contributed by atoms with Crippen LogP contribution in [-0.2, 0) is 38.4 Å². The quantitative estimate of drug-likeness (QED) is 0.0837. The highest BCUT2D eigenvalue weighted by Gasteiger charge is 2.40. The summed E-state index contributed by atoms with van der Waals surface area (Å²) in [7, 11) is 0. The Morgan fingerprint density at radius 3 is 0.772 bits per heavy atom. The van der Waals surface area contributed by atoms with Gasteiger partial charge in [0.15, 0.2) is 0 Å². The number of benzene rings is 4. The number of hydrogen-bond donors (Lipinski definition) is 6. The lowest BCUT2D eigenvalue weighted by molar-refractivity contribution is -0.141. The lowest BCUT2D eigenvalue weighted by atomic mass is 10.0. The molecule has 20 heteroatoms. The third-order valence-electron chi connectivity index (χ3n) is 19.2. The van der Waals surface area contributed by atoms with Crippen molar-refractivity contribution in [2.24, 2.45) is 0 Å². The van der Waals surface area contributed by atoms with E-state index >= 15 is 0 Å². The van der Waals surface area contributed by atoms with E-state index in [1.54, 1.807) is 19.6 Å². The van der Waals surface area contributed by atoms with Crippen molar-refractivity contribution in [3.05, 3.63) is 144 Å². The molecule has 4 fully saturated rings. The molecule has 3 aromatic heterocycles. The number of aromatic amines is 2. The Morgan fingerprint density at radius 2 is 0.533 bits per heavy atom. The topological polar surface area (TPSA) is 255 Å². The third kappa shape index (κ3) is 10.5. The number of aromatic nitrogens is 4. The molecular formula is C72H66N12O8. The summed E-state index contributed by atoms with van der Waals surface area (Å²) in [5, 5.41) is 12.9. The molecule has 4 aromatic carbocycles. The average molecular weight is 1230 g/mol. The number of nitrogens with one attached hydrogen (secondary N) is 6. The SMILES string of the molecule is O=C1Nc2ccccc2-c2c3nc(c4c5ccc([nH]5)c(c5nc(c(c6ccc2[nH]6)-c2ccccc2NC(=O)[C@@H]2CCCN2C(=O)CCC(=O)N2CCC[C@H]2C(=O)Nc2ccccc2-4)C=C5)-c2ccccc2NC(=O)[C@@H]2CCCN2C(=O)CCC(=O)N2CCC[C@@H]12)C=C3. The van der Waals surface area contributed by atoms with E-state index in [0.29, 0.717) is 190 Å². The van der Waals surface area contributed by atoms with Crippen LogP contribution in [0.25, 0.3) is 90.9 Å². The second-order valence-electron chi connectivity index (χ2n) is 24.6. The summed E-state index contributed by atoms with van der Waals surface area (Å²) in [4.78, 5) is 142. The first-order valence-corrected chi connectivity index (χ1v) is 31.9. The van der Waals surface area contributed by atoms with Crippen molar-refractivity contribution < 1.29 is 38.4 Å². The number of carbonyl (C=O) groups excluding carboxylic acids is 8. The largest absolute Gasteiger partial charge is 0.354 e. The van der Waals surface area contributed by atoms with Crippen molar-refractivity contribution in [1.82, 2.24) is 39.5 Å². The van der Waals surface area contributed by atoms with E-state index in [1.165, 1.54) is 0 Å². The molecular weight excluding hydrogens is 1160 g/mol. The third-order valence-corrected chi connectivity index (χ3v) is 19.2. The molecule has 6 N–H and O–H groups in total. The number of H-pyrrole nitrogens is 2. The van der Waals surface area contributed by atoms with Crippen molar-refractivity contribution in [2.75, 3.05) is 47.4 Å². The summed E-state index contributed by atoms with van der Waals surface area (Å²) < 4.78 is 0. The summed E-state index contributed by atoms with van der Waals surface area (Å²) in [6.45, 7) is 1.33. The molecule has 20 nitrogen and oxygen atoms in total. The second-order valence-corrected chi connectivity index (χ2v) is 24.6. The van der Waals surface area contributed by atoms with E-state index < -0.39 is 47.8 Å². The standard InChI is InChI=1S/C72H66N12O8/c85-61-33-34-62(86)82-38-12-24-60(82)72(92)80-48-20-8-4-16-44(48)68-55-31-29-53(75-55)66-42-14-2-6-18-46(42)78-70(90)58-22-10-39-83(58)63(87)35-36-64(88)84-40-11-23-59(84)71(91)79-47-19-7-3-15-43(47)67(54-30-32-56(68)76-54)52-28-26-50(74-52)65(49-25-27-51(66)73-49)41-13-1-5-17-45(41)77-69(89)57-21-9-37-81(57)61/h1-8,13-20,25-32,57-60,73,76H,9-12,21-24,33-40H2,(H,77,89)(H,78,90)(H,79,91)(H,80,92)/t57-,58-,59-,60-/m0/s1. The van der Waals surface area contributed by atoms with Crippen molar-refractivity contribution in [2.45, 2.75) is 101 Å². The van der Waals surface area contributed by atoms with Gasteiger partial charge in [0, 0.05) is 141 Å². The van der Waals surface area contributed by atoms with Crippen LogP contribution < -0.4 is 21.3 Å². The Kier molecular flexibility index (Phi) is 15.0. The van der Waals surface area contributed by atoms with Gasteiger partial charge in [-0.1, -0.05) is 72.8 Å². The zero-order chi connectivity index (χ0) is 62.7. The highest BCUT2D eigenvalue weighted by molar-refractivity contribution is 6.10. The Morgan fingerprint density at radius 1 is 0.304 bits per heavy atom. The highest BCUT2D eigenvalue weighted by Crippen LogP contribution is 2.44. The van der Waals surface area contributed by atoms with Crippen LogP contribution in [0.15, 0.2) is 121 Å². The first kappa shape index (κ1) is 57.7. The number of carbonyl (C=O) groups is 8. The zero-order valence-electron chi connectivity index (χ0n) is 50.4. The Labute approximate surface area is 529 Å². The Hall–Kier alpha value is -10.8. The molecule has 0 unspecified atom stereocenters. The molecule has 10 aliphatic heterocycles. The van der Waals surface area contributed by atoms with Crippen LogP contribution in [0.3, 0.4) is 0 Å². The van der Waals surface area contributed by atoms with Crippen molar-refractivity contribution in [1.29, 1.82) is 0 Å². The lowest BCUT2D eigenvalue weighted by Gasteiger charge is -2.26. The average Bonchev–Trinajstić information content (AvgIpc) is 2.00. The van der Waals surface area contributed by atoms with Crippen LogP contribution in [0.5, 0.6) is 0 Å². The van der Waals surface area contributed by atoms with Gasteiger partial charge in [0.1, 0.15) is 24.2 Å². The minimum atomic E-state index is -0.837. The molecule has 0 radical (unpaired) electrons. The molecule has 17 rings (SSSR count). The van der Waals surface area contributed by atoms with Gasteiger partial charge < -0.3 is 50.8 Å². The van der Waals surface area contributed by atoms with Crippen LogP contribution in [0, 0.1) is 0 Å². The number of hydrogen-bond acceptors (Lipinski definition) is 10. The monoisotopic (exact) mass is 1230 g/mol. The maximum Gasteiger partial charge on any atom is 0.247 e. The minimum absolute atomic E-state index is 0.137. The van der Waals surface area contributed by atoms with Gasteiger partial charge in [-0.3, -0.25) is 38.4 Å². The summed E-state index contributed by atoms with van der Waals surface area (Å²) in [5.74, 6) is -2.90. The fraction of sp³-hybridized carbons (Fsp3) is 0.278. The Balaban J connectivity index is 1.05. The van der Waals surface area contributed by atoms with Crippen molar-refractivity contribution in [3.63, 3.8) is 0 Å². The van der Waals surface area contributed by atoms with Gasteiger partial charge in [-0.2, -0.15) is 0 Å². The molecule has 13 heterocycles. The van der Waals surface area contributed by atoms with E-state index in [0.717, 1.165) is 0 Å². The molecule has 0 spiro atoms. The molecule has 0 saturated carbocycles. The van der Waals surface area contributed by atoms with E-state index in [-0.39, 0.29) is 49.3 Å². The van der Waals surface area contributed by atoms with Crippen LogP contribution in [0.2, 0.25) is 0 Å². The number of rotatable bonds is 0. The normalized spacial score (nSPS) is 21.1. The molecule has 4 atom stereocenters. The second kappa shape index (κ2) is 23.9. The first-order valence-electron chi connectivity index (χ1n) is 31.9. The molecule has 4 saturated heterocycles. The minimum Gasteiger partial charge on any atom is -0.354 e. The van der Waals surface area contributed by atoms with Gasteiger partial charge in [-0.15, -0.1) is 0 Å². The van der Waals surface area contributed by atoms with Gasteiger partial charge in [0.2, 0.25) is 47.3 Å². The van der Waals surface area contributed by atoms with Crippen molar-refractivity contribution >= 4 is 116 Å². The number of anilines is 4. The van der Waals surface area contributed by atoms with Gasteiger partial charge in [-0.05, 0) is 124 Å². The van der Waals surface area contributed by atoms with Crippen LogP contribution >= 0.6 is 0 Å². The number of para-hydroxylation sites is 4. The predicted molar refractivity (Wildman–Crippen MR) is 353 cm³/mol. The smallest absolute Gasteiger partial charge is 0.247 e. The van der Waals surface area contributed by atoms with Crippen LogP contribution in [0.1, 0.15) is 99.8 Å². The first-order chi connectivity index (χ1) is 44.9. The molecule has 92 heavy (non-hydrogen) atoms. The summed E-state index contributed by atoms with van der Waals surface area (Å²) in [6.07, 6.45) is 11.0. The maximum absolute atomic E-state index is 14.9. The van der Waals surface area contributed by atoms with Gasteiger partial charge >= 0.3 is 0 Å². The van der Waals surface area contributed by atoms with Gasteiger partial charge in [0.25, 0.3) is 0 Å². The van der Waals surface area contributed by atoms with Gasteiger partial charge in [0.05, 0.1) is 22.8 Å². The maximum atomic E-state index is 14.9. The molecule has 8 amide bonds. The summed E-state index contributed by atoms with van der Waals surface area (Å²) in [5.41, 5.74) is 10.9. The molecule has 12 bridgehead atoms. The van der Waals surface area contributed by atoms with E-state index in [9.17, 15) is 38.4 Å². The predicted octanol–water partition coefficient (Wildman–Crippen LogP) is 10.6. The molecule has 0 aliphatic carbocycles. The van der Waals surface area contributed by atoms with Gasteiger partial charge in [-0.25, -0.2) is 9.97 Å². The fourth-order valence-electron chi connectivity index (χ4n) is 14.8. The number of amides is 8. The highest BCUT2D eigenvalue weighted by atomic mass is 16.2. The molecule has 7 aromatic rings. The fourth-order valence-corrected chi connectivity index (χ4v) is 14.8. The zero-order valence-corrected chi connectivity index (χ0v) is 50.4. The lowest BCUT2D eigenvalue weighted by Crippen LogP contribution is -2.45. The number of nitrogens with zero attached hydrogens (tertiary/aromatic N) is 6. The molecule has 10 aliphatic rings. The van der Waals surface area contributed by atoms with E-state index in [2.05, 4.69) is 31.2 Å². The van der Waals surface area contributed by atoms with E-state index in [4.69, 9.17) is 9.97 Å². The summed E-state index contributed by atoms with van der Waals surface area (Å²) in [6, 6.07) is 34.2. The van der Waals surface area contributed by atoms with E-state index in [1.807, 2.05) is 146 Å². The summed E-state index contributed by atoms with van der Waals surface area (Å²) >= 11 is 0.